The molecule has 0 radical (unpaired) electrons. The lowest BCUT2D eigenvalue weighted by Crippen LogP contribution is -2.02. The van der Waals surface area contributed by atoms with Gasteiger partial charge in [0.25, 0.3) is 0 Å². The molecule has 5 heteroatoms. The number of halogens is 1. The molecule has 3 aromatic rings. The standard InChI is InChI=1S/C19H16ClNO3/c1-3-24-16-7-5-4-6-12(16)15-10-13(19(22)23)17-14(20)9-8-11(2)18(17)21-15/h4-10H,3H2,1-2H3,(H,22,23). The number of ether oxygens (including phenoxy) is 1. The molecule has 1 aromatic heterocycles. The predicted octanol–water partition coefficient (Wildman–Crippen LogP) is 4.96. The van der Waals surface area contributed by atoms with E-state index in [-0.39, 0.29) is 5.56 Å². The molecule has 0 saturated heterocycles. The van der Waals surface area contributed by atoms with E-state index in [1.165, 1.54) is 0 Å². The number of hydrogen-bond donors (Lipinski definition) is 1. The third-order valence-corrected chi connectivity index (χ3v) is 4.12. The highest BCUT2D eigenvalue weighted by atomic mass is 35.5. The number of carboxylic acid groups (broad SMARTS) is 1. The van der Waals surface area contributed by atoms with Crippen LogP contribution < -0.4 is 4.74 Å². The number of pyridine rings is 1. The summed E-state index contributed by atoms with van der Waals surface area (Å²) in [5.41, 5.74) is 2.89. The van der Waals surface area contributed by atoms with Gasteiger partial charge in [0.2, 0.25) is 0 Å². The molecular weight excluding hydrogens is 326 g/mol. The van der Waals surface area contributed by atoms with Gasteiger partial charge in [-0.05, 0) is 43.7 Å². The van der Waals surface area contributed by atoms with Crippen molar-refractivity contribution in [2.24, 2.45) is 0 Å². The molecule has 0 amide bonds. The number of carbonyl (C=O) groups is 1. The summed E-state index contributed by atoms with van der Waals surface area (Å²) in [5, 5.41) is 10.5. The van der Waals surface area contributed by atoms with Crippen molar-refractivity contribution in [1.82, 2.24) is 4.98 Å². The first-order valence-electron chi connectivity index (χ1n) is 7.58. The second-order valence-corrected chi connectivity index (χ2v) is 5.78. The molecule has 4 nitrogen and oxygen atoms in total. The van der Waals surface area contributed by atoms with Crippen molar-refractivity contribution in [2.75, 3.05) is 6.61 Å². The average molecular weight is 342 g/mol. The van der Waals surface area contributed by atoms with Gasteiger partial charge < -0.3 is 9.84 Å². The number of rotatable bonds is 4. The normalized spacial score (nSPS) is 10.8. The summed E-state index contributed by atoms with van der Waals surface area (Å²) >= 11 is 6.23. The maximum atomic E-state index is 11.8. The molecule has 0 atom stereocenters. The smallest absolute Gasteiger partial charge is 0.336 e. The molecule has 0 fully saturated rings. The molecular formula is C19H16ClNO3. The van der Waals surface area contributed by atoms with Crippen molar-refractivity contribution in [3.05, 3.63) is 58.6 Å². The number of aromatic carboxylic acids is 1. The van der Waals surface area contributed by atoms with Crippen LogP contribution in [0, 0.1) is 6.92 Å². The van der Waals surface area contributed by atoms with Crippen LogP contribution in [-0.2, 0) is 0 Å². The number of aromatic nitrogens is 1. The zero-order valence-corrected chi connectivity index (χ0v) is 14.1. The lowest BCUT2D eigenvalue weighted by Gasteiger charge is -2.13. The van der Waals surface area contributed by atoms with Crippen LogP contribution in [0.1, 0.15) is 22.8 Å². The number of nitrogens with zero attached hydrogens (tertiary/aromatic N) is 1. The third-order valence-electron chi connectivity index (χ3n) is 3.80. The van der Waals surface area contributed by atoms with Crippen molar-refractivity contribution in [3.8, 4) is 17.0 Å². The number of aryl methyl sites for hydroxylation is 1. The second kappa shape index (κ2) is 6.49. The Hall–Kier alpha value is -2.59. The van der Waals surface area contributed by atoms with Crippen molar-refractivity contribution in [1.29, 1.82) is 0 Å². The van der Waals surface area contributed by atoms with Gasteiger partial charge in [-0.15, -0.1) is 0 Å². The first-order chi connectivity index (χ1) is 11.5. The summed E-state index contributed by atoms with van der Waals surface area (Å²) < 4.78 is 5.64. The SMILES string of the molecule is CCOc1ccccc1-c1cc(C(=O)O)c2c(Cl)ccc(C)c2n1. The van der Waals surface area contributed by atoms with E-state index in [4.69, 9.17) is 16.3 Å². The summed E-state index contributed by atoms with van der Waals surface area (Å²) in [7, 11) is 0. The van der Waals surface area contributed by atoms with E-state index in [0.717, 1.165) is 11.1 Å². The molecule has 0 saturated carbocycles. The lowest BCUT2D eigenvalue weighted by molar-refractivity contribution is 0.0699. The van der Waals surface area contributed by atoms with Crippen LogP contribution in [0.3, 0.4) is 0 Å². The highest BCUT2D eigenvalue weighted by molar-refractivity contribution is 6.36. The fraction of sp³-hybridized carbons (Fsp3) is 0.158. The number of para-hydroxylation sites is 1. The summed E-state index contributed by atoms with van der Waals surface area (Å²) in [6, 6.07) is 12.5. The quantitative estimate of drug-likeness (QED) is 0.728. The molecule has 2 aromatic carbocycles. The van der Waals surface area contributed by atoms with Gasteiger partial charge >= 0.3 is 5.97 Å². The van der Waals surface area contributed by atoms with E-state index in [1.807, 2.05) is 44.2 Å². The van der Waals surface area contributed by atoms with Crippen molar-refractivity contribution < 1.29 is 14.6 Å². The van der Waals surface area contributed by atoms with E-state index >= 15 is 0 Å². The zero-order chi connectivity index (χ0) is 17.3. The number of benzene rings is 2. The van der Waals surface area contributed by atoms with Crippen LogP contribution in [0.15, 0.2) is 42.5 Å². The van der Waals surface area contributed by atoms with E-state index in [2.05, 4.69) is 4.98 Å². The third kappa shape index (κ3) is 2.81. The Balaban J connectivity index is 2.36. The minimum atomic E-state index is -1.04. The van der Waals surface area contributed by atoms with Gasteiger partial charge in [-0.25, -0.2) is 9.78 Å². The Morgan fingerprint density at radius 2 is 2.00 bits per heavy atom. The Labute approximate surface area is 144 Å². The maximum absolute atomic E-state index is 11.8. The molecule has 3 rings (SSSR count). The molecule has 0 aliphatic heterocycles. The number of fused-ring (bicyclic) bond motifs is 1. The van der Waals surface area contributed by atoms with Gasteiger partial charge in [0.1, 0.15) is 5.75 Å². The van der Waals surface area contributed by atoms with Crippen LogP contribution in [-0.4, -0.2) is 22.7 Å². The Morgan fingerprint density at radius 1 is 1.25 bits per heavy atom. The van der Waals surface area contributed by atoms with Gasteiger partial charge in [0.05, 0.1) is 28.4 Å². The van der Waals surface area contributed by atoms with Gasteiger partial charge in [-0.2, -0.15) is 0 Å². The molecule has 24 heavy (non-hydrogen) atoms. The topological polar surface area (TPSA) is 59.4 Å². The zero-order valence-electron chi connectivity index (χ0n) is 13.3. The lowest BCUT2D eigenvalue weighted by atomic mass is 10.0. The number of carboxylic acids is 1. The van der Waals surface area contributed by atoms with Crippen LogP contribution in [0.4, 0.5) is 0 Å². The van der Waals surface area contributed by atoms with E-state index in [1.54, 1.807) is 12.1 Å². The van der Waals surface area contributed by atoms with Crippen LogP contribution in [0.5, 0.6) is 5.75 Å². The van der Waals surface area contributed by atoms with E-state index in [9.17, 15) is 9.90 Å². The fourth-order valence-corrected chi connectivity index (χ4v) is 2.95. The predicted molar refractivity (Wildman–Crippen MR) is 95.1 cm³/mol. The monoisotopic (exact) mass is 341 g/mol. The van der Waals surface area contributed by atoms with Gasteiger partial charge in [-0.1, -0.05) is 29.8 Å². The minimum absolute atomic E-state index is 0.134. The average Bonchev–Trinajstić information content (AvgIpc) is 2.58. The molecule has 1 N–H and O–H groups in total. The summed E-state index contributed by atoms with van der Waals surface area (Å²) in [6.07, 6.45) is 0. The van der Waals surface area contributed by atoms with Gasteiger partial charge in [0.15, 0.2) is 0 Å². The first kappa shape index (κ1) is 16.3. The molecule has 0 unspecified atom stereocenters. The molecule has 122 valence electrons. The second-order valence-electron chi connectivity index (χ2n) is 5.38. The Kier molecular flexibility index (Phi) is 4.40. The Morgan fingerprint density at radius 3 is 2.71 bits per heavy atom. The molecule has 0 bridgehead atoms. The largest absolute Gasteiger partial charge is 0.493 e. The summed E-state index contributed by atoms with van der Waals surface area (Å²) in [6.45, 7) is 4.30. The number of hydrogen-bond acceptors (Lipinski definition) is 3. The molecule has 0 spiro atoms. The highest BCUT2D eigenvalue weighted by Crippen LogP contribution is 2.34. The van der Waals surface area contributed by atoms with Crippen LogP contribution in [0.25, 0.3) is 22.2 Å². The summed E-state index contributed by atoms with van der Waals surface area (Å²) in [4.78, 5) is 16.4. The maximum Gasteiger partial charge on any atom is 0.336 e. The highest BCUT2D eigenvalue weighted by Gasteiger charge is 2.18. The minimum Gasteiger partial charge on any atom is -0.493 e. The van der Waals surface area contributed by atoms with Crippen LogP contribution in [0.2, 0.25) is 5.02 Å². The Bertz CT molecular complexity index is 937. The summed E-state index contributed by atoms with van der Waals surface area (Å²) in [5.74, 6) is -0.368. The molecule has 1 heterocycles. The fourth-order valence-electron chi connectivity index (χ4n) is 2.70. The van der Waals surface area contributed by atoms with Gasteiger partial charge in [-0.3, -0.25) is 0 Å². The van der Waals surface area contributed by atoms with E-state index < -0.39 is 5.97 Å². The van der Waals surface area contributed by atoms with E-state index in [0.29, 0.717) is 34.0 Å². The van der Waals surface area contributed by atoms with Gasteiger partial charge in [0, 0.05) is 10.9 Å². The first-order valence-corrected chi connectivity index (χ1v) is 7.96. The molecule has 0 aliphatic carbocycles. The van der Waals surface area contributed by atoms with Crippen LogP contribution >= 0.6 is 11.6 Å². The molecule has 0 aliphatic rings. The van der Waals surface area contributed by atoms with Crippen molar-refractivity contribution in [3.63, 3.8) is 0 Å². The van der Waals surface area contributed by atoms with Crippen molar-refractivity contribution >= 4 is 28.5 Å². The van der Waals surface area contributed by atoms with Crippen molar-refractivity contribution in [2.45, 2.75) is 13.8 Å².